The predicted octanol–water partition coefficient (Wildman–Crippen LogP) is 3.18. The van der Waals surface area contributed by atoms with Crippen LogP contribution in [0.5, 0.6) is 0 Å². The molecule has 0 spiro atoms. The highest BCUT2D eigenvalue weighted by Gasteiger charge is 2.22. The van der Waals surface area contributed by atoms with E-state index in [-0.39, 0.29) is 10.8 Å². The Hall–Kier alpha value is -0.960. The summed E-state index contributed by atoms with van der Waals surface area (Å²) in [5, 5.41) is 3.30. The van der Waals surface area contributed by atoms with Crippen LogP contribution in [0, 0.1) is 0 Å². The molecule has 1 N–H and O–H groups in total. The molecule has 0 radical (unpaired) electrons. The molecule has 1 rings (SSSR count). The molecule has 0 unspecified atom stereocenters. The Labute approximate surface area is 111 Å². The molecule has 0 aliphatic heterocycles. The zero-order valence-electron chi connectivity index (χ0n) is 12.9. The third-order valence-corrected chi connectivity index (χ3v) is 2.84. The molecule has 1 heterocycles. The van der Waals surface area contributed by atoms with Crippen molar-refractivity contribution in [3.63, 3.8) is 0 Å². The van der Waals surface area contributed by atoms with Crippen molar-refractivity contribution < 1.29 is 0 Å². The summed E-state index contributed by atoms with van der Waals surface area (Å²) in [6.45, 7) is 16.9. The molecule has 3 nitrogen and oxygen atoms in total. The second-order valence-electron chi connectivity index (χ2n) is 6.83. The van der Waals surface area contributed by atoms with Crippen molar-refractivity contribution in [2.45, 2.75) is 65.8 Å². The van der Waals surface area contributed by atoms with Gasteiger partial charge in [0.05, 0.1) is 6.54 Å². The minimum Gasteiger partial charge on any atom is -0.310 e. The van der Waals surface area contributed by atoms with Crippen LogP contribution in [0.3, 0.4) is 0 Å². The third-order valence-electron chi connectivity index (χ3n) is 2.84. The number of aromatic nitrogens is 2. The van der Waals surface area contributed by atoms with Crippen molar-refractivity contribution in [2.24, 2.45) is 0 Å². The van der Waals surface area contributed by atoms with Crippen LogP contribution in [0.15, 0.2) is 6.07 Å². The Balaban J connectivity index is 3.21. The van der Waals surface area contributed by atoms with Gasteiger partial charge < -0.3 is 5.32 Å². The fourth-order valence-corrected chi connectivity index (χ4v) is 1.58. The lowest BCUT2D eigenvalue weighted by Gasteiger charge is -2.24. The van der Waals surface area contributed by atoms with E-state index in [1.54, 1.807) is 0 Å². The number of nitrogens with one attached hydrogen (secondary N) is 1. The summed E-state index contributed by atoms with van der Waals surface area (Å²) in [6, 6.07) is 2.15. The summed E-state index contributed by atoms with van der Waals surface area (Å²) in [5.74, 6) is 0.897. The summed E-state index contributed by atoms with van der Waals surface area (Å²) in [7, 11) is 0. The Bertz CT molecular complexity index is 365. The molecule has 102 valence electrons. The molecule has 0 bridgehead atoms. The van der Waals surface area contributed by atoms with Crippen molar-refractivity contribution in [2.75, 3.05) is 6.54 Å². The largest absolute Gasteiger partial charge is 0.310 e. The average molecular weight is 249 g/mol. The predicted molar refractivity (Wildman–Crippen MR) is 76.8 cm³/mol. The number of hydrogen-bond acceptors (Lipinski definition) is 3. The van der Waals surface area contributed by atoms with Gasteiger partial charge in [0.1, 0.15) is 5.82 Å². The van der Waals surface area contributed by atoms with E-state index in [1.165, 1.54) is 0 Å². The summed E-state index contributed by atoms with van der Waals surface area (Å²) >= 11 is 0. The highest BCUT2D eigenvalue weighted by atomic mass is 15.0. The SMILES string of the molecule is CCNCc1nc(C(C)(C)C)cc(C(C)(C)C)n1. The minimum absolute atomic E-state index is 0.0594. The first-order chi connectivity index (χ1) is 8.14. The van der Waals surface area contributed by atoms with Crippen LogP contribution in [0.1, 0.15) is 65.7 Å². The topological polar surface area (TPSA) is 37.8 Å². The molecule has 0 atom stereocenters. The van der Waals surface area contributed by atoms with Crippen molar-refractivity contribution in [3.8, 4) is 0 Å². The van der Waals surface area contributed by atoms with E-state index in [2.05, 4.69) is 69.8 Å². The van der Waals surface area contributed by atoms with Crippen LogP contribution < -0.4 is 5.32 Å². The standard InChI is InChI=1S/C15H27N3/c1-8-16-10-13-17-11(14(2,3)4)9-12(18-13)15(5,6)7/h9,16H,8,10H2,1-7H3. The van der Waals surface area contributed by atoms with Crippen molar-refractivity contribution >= 4 is 0 Å². The molecule has 0 aromatic carbocycles. The van der Waals surface area contributed by atoms with E-state index in [4.69, 9.17) is 0 Å². The first-order valence-corrected chi connectivity index (χ1v) is 6.74. The Morgan fingerprint density at radius 3 is 1.72 bits per heavy atom. The van der Waals surface area contributed by atoms with Crippen LogP contribution in [0.2, 0.25) is 0 Å². The summed E-state index contributed by atoms with van der Waals surface area (Å²) in [6.07, 6.45) is 0. The monoisotopic (exact) mass is 249 g/mol. The molecule has 0 fully saturated rings. The molecule has 1 aromatic rings. The van der Waals surface area contributed by atoms with Gasteiger partial charge in [-0.05, 0) is 12.6 Å². The van der Waals surface area contributed by atoms with E-state index >= 15 is 0 Å². The number of hydrogen-bond donors (Lipinski definition) is 1. The van der Waals surface area contributed by atoms with Gasteiger partial charge in [-0.3, -0.25) is 0 Å². The third kappa shape index (κ3) is 4.05. The average Bonchev–Trinajstić information content (AvgIpc) is 2.23. The zero-order valence-corrected chi connectivity index (χ0v) is 12.9. The van der Waals surface area contributed by atoms with Crippen LogP contribution in [0.4, 0.5) is 0 Å². The minimum atomic E-state index is 0.0594. The van der Waals surface area contributed by atoms with Gasteiger partial charge in [-0.15, -0.1) is 0 Å². The Morgan fingerprint density at radius 2 is 1.39 bits per heavy atom. The van der Waals surface area contributed by atoms with Crippen molar-refractivity contribution in [1.82, 2.24) is 15.3 Å². The fourth-order valence-electron chi connectivity index (χ4n) is 1.58. The van der Waals surface area contributed by atoms with Crippen LogP contribution in [-0.4, -0.2) is 16.5 Å². The summed E-state index contributed by atoms with van der Waals surface area (Å²) in [5.41, 5.74) is 2.36. The van der Waals surface area contributed by atoms with Crippen LogP contribution in [-0.2, 0) is 17.4 Å². The lowest BCUT2D eigenvalue weighted by atomic mass is 9.86. The highest BCUT2D eigenvalue weighted by Crippen LogP contribution is 2.26. The van der Waals surface area contributed by atoms with E-state index < -0.39 is 0 Å². The maximum Gasteiger partial charge on any atom is 0.142 e. The molecular weight excluding hydrogens is 222 g/mol. The highest BCUT2D eigenvalue weighted by molar-refractivity contribution is 5.22. The molecule has 1 aromatic heterocycles. The number of nitrogens with zero attached hydrogens (tertiary/aromatic N) is 2. The first-order valence-electron chi connectivity index (χ1n) is 6.74. The summed E-state index contributed by atoms with van der Waals surface area (Å²) in [4.78, 5) is 9.36. The maximum atomic E-state index is 4.68. The second kappa shape index (κ2) is 5.35. The molecule has 18 heavy (non-hydrogen) atoms. The van der Waals surface area contributed by atoms with Gasteiger partial charge in [0.25, 0.3) is 0 Å². The second-order valence-corrected chi connectivity index (χ2v) is 6.83. The van der Waals surface area contributed by atoms with Crippen molar-refractivity contribution in [1.29, 1.82) is 0 Å². The van der Waals surface area contributed by atoms with E-state index in [9.17, 15) is 0 Å². The van der Waals surface area contributed by atoms with Gasteiger partial charge in [0.15, 0.2) is 0 Å². The molecule has 0 saturated heterocycles. The molecule has 0 aliphatic carbocycles. The molecule has 0 saturated carbocycles. The van der Waals surface area contributed by atoms with E-state index in [0.29, 0.717) is 0 Å². The van der Waals surface area contributed by atoms with Gasteiger partial charge in [0.2, 0.25) is 0 Å². The maximum absolute atomic E-state index is 4.68. The van der Waals surface area contributed by atoms with E-state index in [0.717, 1.165) is 30.3 Å². The van der Waals surface area contributed by atoms with Crippen LogP contribution in [0.25, 0.3) is 0 Å². The zero-order chi connectivity index (χ0) is 14.0. The normalized spacial score (nSPS) is 12.8. The van der Waals surface area contributed by atoms with Gasteiger partial charge >= 0.3 is 0 Å². The van der Waals surface area contributed by atoms with Gasteiger partial charge in [-0.1, -0.05) is 48.5 Å². The van der Waals surface area contributed by atoms with Gasteiger partial charge in [0, 0.05) is 22.2 Å². The molecule has 3 heteroatoms. The lowest BCUT2D eigenvalue weighted by Crippen LogP contribution is -2.23. The lowest BCUT2D eigenvalue weighted by molar-refractivity contribution is 0.524. The summed E-state index contributed by atoms with van der Waals surface area (Å²) < 4.78 is 0. The fraction of sp³-hybridized carbons (Fsp3) is 0.733. The Kier molecular flexibility index (Phi) is 4.49. The molecule has 0 aliphatic rings. The van der Waals surface area contributed by atoms with Crippen LogP contribution >= 0.6 is 0 Å². The van der Waals surface area contributed by atoms with Gasteiger partial charge in [-0.25, -0.2) is 9.97 Å². The first kappa shape index (κ1) is 15.1. The molecule has 0 amide bonds. The van der Waals surface area contributed by atoms with Gasteiger partial charge in [-0.2, -0.15) is 0 Å². The quantitative estimate of drug-likeness (QED) is 0.894. The van der Waals surface area contributed by atoms with E-state index in [1.807, 2.05) is 0 Å². The smallest absolute Gasteiger partial charge is 0.142 e. The Morgan fingerprint density at radius 1 is 0.944 bits per heavy atom. The molecular formula is C15H27N3. The number of rotatable bonds is 3. The van der Waals surface area contributed by atoms with Crippen molar-refractivity contribution in [3.05, 3.63) is 23.3 Å².